The Morgan fingerprint density at radius 3 is 1.44 bits per heavy atom. The van der Waals surface area contributed by atoms with Crippen molar-refractivity contribution < 1.29 is 19.8 Å². The Kier molecular flexibility index (Phi) is 4.94. The van der Waals surface area contributed by atoms with Crippen LogP contribution in [0.2, 0.25) is 0 Å². The quantitative estimate of drug-likeness (QED) is 0.672. The van der Waals surface area contributed by atoms with E-state index in [0.29, 0.717) is 0 Å². The Morgan fingerprint density at radius 1 is 1.00 bits per heavy atom. The summed E-state index contributed by atoms with van der Waals surface area (Å²) in [6.45, 7) is 2.48. The number of carbonyl (C=O) groups is 2. The maximum absolute atomic E-state index is 10.5. The van der Waals surface area contributed by atoms with Gasteiger partial charge in [0.1, 0.15) is 0 Å². The van der Waals surface area contributed by atoms with Gasteiger partial charge in [0.05, 0.1) is 25.0 Å². The van der Waals surface area contributed by atoms with Crippen molar-refractivity contribution in [1.82, 2.24) is 0 Å². The van der Waals surface area contributed by atoms with E-state index in [4.69, 9.17) is 20.7 Å². The molecule has 0 aromatic rings. The fraction of sp³-hybridized carbons (Fsp3) is 0.600. The third-order valence-corrected chi connectivity index (χ3v) is 1.96. The number of carboxylic acid groups (broad SMARTS) is 2. The number of aliphatic carboxylic acids is 2. The molecule has 0 bridgehead atoms. The summed E-state index contributed by atoms with van der Waals surface area (Å²) in [5.74, 6) is -2.48. The van der Waals surface area contributed by atoms with Crippen LogP contribution < -0.4 is 0 Å². The lowest BCUT2D eigenvalue weighted by Gasteiger charge is -2.16. The maximum atomic E-state index is 10.5. The summed E-state index contributed by atoms with van der Waals surface area (Å²) < 4.78 is 0. The number of hydrogen-bond donors (Lipinski definition) is 2. The number of azo groups is 1. The summed E-state index contributed by atoms with van der Waals surface area (Å²) in [6, 6.07) is 3.32. The molecule has 0 rings (SSSR count). The third kappa shape index (κ3) is 5.03. The topological polar surface area (TPSA) is 147 Å². The standard InChI is InChI=1S/C10H12N4O4/c1-9(5-11,3-7(15)16)13-14-10(2,6-12)4-8(17)18/h3-4H2,1-2H3,(H,15,16)(H,17,18). The molecular weight excluding hydrogens is 240 g/mol. The highest BCUT2D eigenvalue weighted by Gasteiger charge is 2.32. The van der Waals surface area contributed by atoms with Crippen LogP contribution in [0.15, 0.2) is 10.2 Å². The molecule has 0 heterocycles. The van der Waals surface area contributed by atoms with Gasteiger partial charge in [-0.25, -0.2) is 0 Å². The Balaban J connectivity index is 5.10. The van der Waals surface area contributed by atoms with Crippen molar-refractivity contribution in [3.8, 4) is 12.1 Å². The van der Waals surface area contributed by atoms with E-state index in [2.05, 4.69) is 10.2 Å². The first-order valence-electron chi connectivity index (χ1n) is 4.86. The highest BCUT2D eigenvalue weighted by atomic mass is 16.4. The predicted octanol–water partition coefficient (Wildman–Crippen LogP) is 0.953. The molecule has 0 fully saturated rings. The molecule has 0 radical (unpaired) electrons. The van der Waals surface area contributed by atoms with Gasteiger partial charge in [0.25, 0.3) is 0 Å². The van der Waals surface area contributed by atoms with Crippen molar-refractivity contribution in [2.75, 3.05) is 0 Å². The van der Waals surface area contributed by atoms with Gasteiger partial charge >= 0.3 is 11.9 Å². The van der Waals surface area contributed by atoms with E-state index < -0.39 is 35.9 Å². The van der Waals surface area contributed by atoms with E-state index in [1.807, 2.05) is 0 Å². The van der Waals surface area contributed by atoms with Crippen LogP contribution in [0.3, 0.4) is 0 Å². The second kappa shape index (κ2) is 5.73. The minimum atomic E-state index is -1.62. The van der Waals surface area contributed by atoms with E-state index in [-0.39, 0.29) is 0 Å². The minimum Gasteiger partial charge on any atom is -0.481 e. The summed E-state index contributed by atoms with van der Waals surface area (Å²) >= 11 is 0. The summed E-state index contributed by atoms with van der Waals surface area (Å²) in [6.07, 6.45) is -1.16. The van der Waals surface area contributed by atoms with Crippen LogP contribution >= 0.6 is 0 Å². The van der Waals surface area contributed by atoms with Gasteiger partial charge < -0.3 is 10.2 Å². The van der Waals surface area contributed by atoms with Crippen molar-refractivity contribution in [1.29, 1.82) is 10.5 Å². The molecule has 0 amide bonds. The highest BCUT2D eigenvalue weighted by Crippen LogP contribution is 2.21. The molecule has 0 aliphatic heterocycles. The van der Waals surface area contributed by atoms with Crippen LogP contribution in [0.1, 0.15) is 26.7 Å². The molecule has 8 heteroatoms. The molecule has 0 aliphatic rings. The van der Waals surface area contributed by atoms with E-state index >= 15 is 0 Å². The molecule has 0 saturated carbocycles. The van der Waals surface area contributed by atoms with Crippen LogP contribution in [0, 0.1) is 22.7 Å². The number of carboxylic acids is 2. The van der Waals surface area contributed by atoms with Gasteiger partial charge in [-0.3, -0.25) is 9.59 Å². The molecular formula is C10H12N4O4. The van der Waals surface area contributed by atoms with Crippen LogP contribution in [0.25, 0.3) is 0 Å². The van der Waals surface area contributed by atoms with E-state index in [1.54, 1.807) is 12.1 Å². The van der Waals surface area contributed by atoms with Gasteiger partial charge in [0, 0.05) is 0 Å². The summed E-state index contributed by atoms with van der Waals surface area (Å²) in [5, 5.41) is 41.9. The SMILES string of the molecule is CC(C#N)(CC(=O)O)N=NC(C)(C#N)CC(=O)O. The van der Waals surface area contributed by atoms with Crippen molar-refractivity contribution in [2.45, 2.75) is 37.8 Å². The number of rotatable bonds is 6. The number of nitriles is 2. The van der Waals surface area contributed by atoms with Gasteiger partial charge in [-0.15, -0.1) is 0 Å². The van der Waals surface area contributed by atoms with E-state index in [1.165, 1.54) is 13.8 Å². The second-order valence-corrected chi connectivity index (χ2v) is 4.11. The minimum absolute atomic E-state index is 0.582. The van der Waals surface area contributed by atoms with Crippen LogP contribution in [0.5, 0.6) is 0 Å². The molecule has 2 atom stereocenters. The predicted molar refractivity (Wildman–Crippen MR) is 57.4 cm³/mol. The maximum Gasteiger partial charge on any atom is 0.306 e. The van der Waals surface area contributed by atoms with Crippen LogP contribution in [0.4, 0.5) is 0 Å². The summed E-state index contributed by atoms with van der Waals surface area (Å²) in [4.78, 5) is 21.1. The lowest BCUT2D eigenvalue weighted by molar-refractivity contribution is -0.139. The molecule has 96 valence electrons. The van der Waals surface area contributed by atoms with Gasteiger partial charge in [-0.05, 0) is 13.8 Å². The second-order valence-electron chi connectivity index (χ2n) is 4.11. The molecule has 0 saturated heterocycles. The zero-order valence-electron chi connectivity index (χ0n) is 9.91. The molecule has 0 aromatic heterocycles. The zero-order valence-corrected chi connectivity index (χ0v) is 9.91. The third-order valence-electron chi connectivity index (χ3n) is 1.96. The average molecular weight is 252 g/mol. The molecule has 0 spiro atoms. The van der Waals surface area contributed by atoms with Crippen molar-refractivity contribution in [3.05, 3.63) is 0 Å². The molecule has 0 aromatic carbocycles. The van der Waals surface area contributed by atoms with Crippen LogP contribution in [-0.4, -0.2) is 33.2 Å². The zero-order chi connectivity index (χ0) is 14.4. The summed E-state index contributed by atoms with van der Waals surface area (Å²) in [5.41, 5.74) is -3.25. The fourth-order valence-electron chi connectivity index (χ4n) is 1.00. The Morgan fingerprint density at radius 2 is 1.28 bits per heavy atom. The largest absolute Gasteiger partial charge is 0.481 e. The average Bonchev–Trinajstić information content (AvgIpc) is 2.25. The first-order valence-corrected chi connectivity index (χ1v) is 4.86. The van der Waals surface area contributed by atoms with E-state index in [0.717, 1.165) is 0 Å². The molecule has 0 aliphatic carbocycles. The Bertz CT molecular complexity index is 419. The van der Waals surface area contributed by atoms with Gasteiger partial charge in [0.2, 0.25) is 0 Å². The van der Waals surface area contributed by atoms with Crippen LogP contribution in [-0.2, 0) is 9.59 Å². The lowest BCUT2D eigenvalue weighted by Crippen LogP contribution is -2.27. The van der Waals surface area contributed by atoms with Gasteiger partial charge in [0.15, 0.2) is 11.1 Å². The monoisotopic (exact) mass is 252 g/mol. The first kappa shape index (κ1) is 15.5. The smallest absolute Gasteiger partial charge is 0.306 e. The molecule has 18 heavy (non-hydrogen) atoms. The number of hydrogen-bond acceptors (Lipinski definition) is 6. The summed E-state index contributed by atoms with van der Waals surface area (Å²) in [7, 11) is 0. The molecule has 2 unspecified atom stereocenters. The highest BCUT2D eigenvalue weighted by molar-refractivity contribution is 5.69. The van der Waals surface area contributed by atoms with Gasteiger partial charge in [-0.1, -0.05) is 0 Å². The van der Waals surface area contributed by atoms with Gasteiger partial charge in [-0.2, -0.15) is 20.8 Å². The first-order chi connectivity index (χ1) is 8.16. The Labute approximate surface area is 103 Å². The van der Waals surface area contributed by atoms with E-state index in [9.17, 15) is 9.59 Å². The number of nitrogens with zero attached hydrogens (tertiary/aromatic N) is 4. The normalized spacial score (nSPS) is 17.1. The van der Waals surface area contributed by atoms with Crippen molar-refractivity contribution in [2.24, 2.45) is 10.2 Å². The van der Waals surface area contributed by atoms with Crippen molar-refractivity contribution in [3.63, 3.8) is 0 Å². The fourth-order valence-corrected chi connectivity index (χ4v) is 1.00. The lowest BCUT2D eigenvalue weighted by atomic mass is 10.0. The van der Waals surface area contributed by atoms with Crippen molar-refractivity contribution >= 4 is 11.9 Å². The Hall–Kier alpha value is -2.48. The molecule has 2 N–H and O–H groups in total. The molecule has 8 nitrogen and oxygen atoms in total.